The third kappa shape index (κ3) is 0.906. The number of aldehydes is 1. The maximum Gasteiger partial charge on any atom is 0.152 e. The molecule has 0 aliphatic carbocycles. The van der Waals surface area contributed by atoms with Crippen LogP contribution in [-0.2, 0) is 0 Å². The van der Waals surface area contributed by atoms with Crippen molar-refractivity contribution in [2.75, 3.05) is 0 Å². The summed E-state index contributed by atoms with van der Waals surface area (Å²) in [7, 11) is 0. The number of aromatic nitrogens is 1. The van der Waals surface area contributed by atoms with Crippen LogP contribution >= 0.6 is 0 Å². The Morgan fingerprint density at radius 2 is 2.17 bits per heavy atom. The number of halogens is 1. The summed E-state index contributed by atoms with van der Waals surface area (Å²) in [5.74, 6) is -0.310. The highest BCUT2D eigenvalue weighted by molar-refractivity contribution is 5.86. The molecule has 0 N–H and O–H groups in total. The van der Waals surface area contributed by atoms with Gasteiger partial charge in [0.25, 0.3) is 0 Å². The molecule has 0 spiro atoms. The fraction of sp³-hybridized carbons (Fsp3) is 0. The minimum atomic E-state index is -0.310. The van der Waals surface area contributed by atoms with Crippen LogP contribution in [0.5, 0.6) is 0 Å². The molecule has 60 valence electrons. The van der Waals surface area contributed by atoms with Crippen LogP contribution in [0.2, 0.25) is 0 Å². The van der Waals surface area contributed by atoms with Crippen molar-refractivity contribution in [3.8, 4) is 0 Å². The van der Waals surface area contributed by atoms with Gasteiger partial charge >= 0.3 is 0 Å². The second-order valence-corrected chi connectivity index (χ2v) is 2.53. The topological polar surface area (TPSA) is 21.5 Å². The molecule has 0 amide bonds. The third-order valence-electron chi connectivity index (χ3n) is 1.78. The van der Waals surface area contributed by atoms with Crippen molar-refractivity contribution in [2.45, 2.75) is 0 Å². The third-order valence-corrected chi connectivity index (χ3v) is 1.78. The van der Waals surface area contributed by atoms with Crippen LogP contribution in [0.25, 0.3) is 5.52 Å². The van der Waals surface area contributed by atoms with Gasteiger partial charge in [-0.1, -0.05) is 0 Å². The summed E-state index contributed by atoms with van der Waals surface area (Å²) in [4.78, 5) is 10.5. The first-order valence-electron chi connectivity index (χ1n) is 3.52. The van der Waals surface area contributed by atoms with Gasteiger partial charge in [0.05, 0.1) is 5.52 Å². The quantitative estimate of drug-likeness (QED) is 0.588. The van der Waals surface area contributed by atoms with E-state index < -0.39 is 0 Å². The van der Waals surface area contributed by atoms with Gasteiger partial charge in [-0.05, 0) is 18.2 Å². The SMILES string of the molecule is O=Cc1ccn2cc(F)ccc12. The van der Waals surface area contributed by atoms with Crippen molar-refractivity contribution in [3.05, 3.63) is 42.0 Å². The standard InChI is InChI=1S/C9H6FNO/c10-8-1-2-9-7(6-12)3-4-11(9)5-8/h1-6H. The molecule has 0 unspecified atom stereocenters. The maximum absolute atomic E-state index is 12.6. The molecule has 2 aromatic heterocycles. The fourth-order valence-electron chi connectivity index (χ4n) is 1.20. The molecule has 2 nitrogen and oxygen atoms in total. The normalized spacial score (nSPS) is 10.4. The van der Waals surface area contributed by atoms with Gasteiger partial charge in [0, 0.05) is 18.0 Å². The Hall–Kier alpha value is -1.64. The maximum atomic E-state index is 12.6. The molecular formula is C9H6FNO. The average molecular weight is 163 g/mol. The lowest BCUT2D eigenvalue weighted by molar-refractivity contribution is 0.112. The number of hydrogen-bond acceptors (Lipinski definition) is 1. The van der Waals surface area contributed by atoms with E-state index in [1.54, 1.807) is 22.7 Å². The molecule has 0 radical (unpaired) electrons. The van der Waals surface area contributed by atoms with Crippen LogP contribution in [0.3, 0.4) is 0 Å². The van der Waals surface area contributed by atoms with Crippen LogP contribution in [0, 0.1) is 5.82 Å². The van der Waals surface area contributed by atoms with Crippen LogP contribution in [0.15, 0.2) is 30.6 Å². The van der Waals surface area contributed by atoms with Crippen LogP contribution in [0.1, 0.15) is 10.4 Å². The summed E-state index contributed by atoms with van der Waals surface area (Å²) in [6, 6.07) is 4.57. The Kier molecular flexibility index (Phi) is 1.43. The zero-order chi connectivity index (χ0) is 8.55. The van der Waals surface area contributed by atoms with Gasteiger partial charge in [-0.15, -0.1) is 0 Å². The lowest BCUT2D eigenvalue weighted by atomic mass is 10.3. The Balaban J connectivity index is 2.81. The Bertz CT molecular complexity index is 433. The van der Waals surface area contributed by atoms with E-state index in [-0.39, 0.29) is 5.82 Å². The summed E-state index contributed by atoms with van der Waals surface area (Å²) in [5, 5.41) is 0. The molecule has 12 heavy (non-hydrogen) atoms. The number of hydrogen-bond donors (Lipinski definition) is 0. The van der Waals surface area contributed by atoms with Crippen LogP contribution in [0.4, 0.5) is 4.39 Å². The van der Waals surface area contributed by atoms with Gasteiger partial charge in [-0.3, -0.25) is 4.79 Å². The van der Waals surface area contributed by atoms with E-state index in [1.165, 1.54) is 12.3 Å². The second kappa shape index (κ2) is 2.44. The van der Waals surface area contributed by atoms with Crippen LogP contribution < -0.4 is 0 Å². The summed E-state index contributed by atoms with van der Waals surface area (Å²) < 4.78 is 14.2. The average Bonchev–Trinajstić information content (AvgIpc) is 2.46. The first kappa shape index (κ1) is 7.03. The molecule has 0 bridgehead atoms. The molecule has 2 rings (SSSR count). The predicted molar refractivity (Wildman–Crippen MR) is 42.7 cm³/mol. The zero-order valence-corrected chi connectivity index (χ0v) is 6.20. The molecular weight excluding hydrogens is 157 g/mol. The largest absolute Gasteiger partial charge is 0.320 e. The number of fused-ring (bicyclic) bond motifs is 1. The van der Waals surface area contributed by atoms with Crippen molar-refractivity contribution in [1.29, 1.82) is 0 Å². The van der Waals surface area contributed by atoms with E-state index in [4.69, 9.17) is 0 Å². The minimum Gasteiger partial charge on any atom is -0.320 e. The Morgan fingerprint density at radius 3 is 2.92 bits per heavy atom. The first-order valence-corrected chi connectivity index (χ1v) is 3.52. The summed E-state index contributed by atoms with van der Waals surface area (Å²) in [6.07, 6.45) is 3.75. The summed E-state index contributed by atoms with van der Waals surface area (Å²) in [6.45, 7) is 0. The van der Waals surface area contributed by atoms with Crippen molar-refractivity contribution >= 4 is 11.8 Å². The number of nitrogens with zero attached hydrogens (tertiary/aromatic N) is 1. The molecule has 0 aromatic carbocycles. The van der Waals surface area contributed by atoms with Crippen molar-refractivity contribution in [2.24, 2.45) is 0 Å². The number of rotatable bonds is 1. The molecule has 2 heterocycles. The zero-order valence-electron chi connectivity index (χ0n) is 6.20. The molecule has 2 aromatic rings. The van der Waals surface area contributed by atoms with E-state index in [1.807, 2.05) is 0 Å². The highest BCUT2D eigenvalue weighted by Crippen LogP contribution is 2.11. The lowest BCUT2D eigenvalue weighted by Crippen LogP contribution is -1.85. The summed E-state index contributed by atoms with van der Waals surface area (Å²) in [5.41, 5.74) is 1.31. The van der Waals surface area contributed by atoms with Crippen molar-refractivity contribution in [3.63, 3.8) is 0 Å². The van der Waals surface area contributed by atoms with E-state index in [9.17, 15) is 9.18 Å². The highest BCUT2D eigenvalue weighted by atomic mass is 19.1. The minimum absolute atomic E-state index is 0.310. The summed E-state index contributed by atoms with van der Waals surface area (Å²) >= 11 is 0. The molecule has 0 saturated heterocycles. The van der Waals surface area contributed by atoms with E-state index in [2.05, 4.69) is 0 Å². The van der Waals surface area contributed by atoms with E-state index in [0.717, 1.165) is 11.8 Å². The van der Waals surface area contributed by atoms with Gasteiger partial charge < -0.3 is 4.40 Å². The van der Waals surface area contributed by atoms with E-state index in [0.29, 0.717) is 5.56 Å². The monoisotopic (exact) mass is 163 g/mol. The molecule has 0 saturated carbocycles. The highest BCUT2D eigenvalue weighted by Gasteiger charge is 2.00. The lowest BCUT2D eigenvalue weighted by Gasteiger charge is -1.93. The molecule has 0 aliphatic rings. The first-order chi connectivity index (χ1) is 5.81. The van der Waals surface area contributed by atoms with E-state index >= 15 is 0 Å². The predicted octanol–water partition coefficient (Wildman–Crippen LogP) is 1.89. The number of carbonyl (C=O) groups excluding carboxylic acids is 1. The van der Waals surface area contributed by atoms with Crippen molar-refractivity contribution in [1.82, 2.24) is 4.40 Å². The molecule has 3 heteroatoms. The molecule has 0 fully saturated rings. The fourth-order valence-corrected chi connectivity index (χ4v) is 1.20. The molecule has 0 atom stereocenters. The Labute approximate surface area is 68.2 Å². The van der Waals surface area contributed by atoms with Gasteiger partial charge in [0.15, 0.2) is 6.29 Å². The molecule has 0 aliphatic heterocycles. The van der Waals surface area contributed by atoms with Gasteiger partial charge in [-0.25, -0.2) is 4.39 Å². The van der Waals surface area contributed by atoms with Crippen LogP contribution in [-0.4, -0.2) is 10.7 Å². The number of pyridine rings is 1. The Morgan fingerprint density at radius 1 is 1.33 bits per heavy atom. The van der Waals surface area contributed by atoms with Gasteiger partial charge in [0.1, 0.15) is 5.82 Å². The second-order valence-electron chi connectivity index (χ2n) is 2.53. The van der Waals surface area contributed by atoms with Gasteiger partial charge in [-0.2, -0.15) is 0 Å². The van der Waals surface area contributed by atoms with Gasteiger partial charge in [0.2, 0.25) is 0 Å². The smallest absolute Gasteiger partial charge is 0.152 e. The van der Waals surface area contributed by atoms with Crippen molar-refractivity contribution < 1.29 is 9.18 Å². The number of carbonyl (C=O) groups is 1.